The average molecular weight is 323 g/mol. The molecule has 122 valence electrons. The summed E-state index contributed by atoms with van der Waals surface area (Å²) < 4.78 is 10.5. The summed E-state index contributed by atoms with van der Waals surface area (Å²) in [7, 11) is 0. The molecule has 0 saturated heterocycles. The van der Waals surface area contributed by atoms with Crippen LogP contribution in [0.2, 0.25) is 0 Å². The SMILES string of the molecule is CCOc1ccc(CC(=O)Nc2cccc(-c3nnco3)c2)cc1. The van der Waals surface area contributed by atoms with Gasteiger partial charge in [0.2, 0.25) is 18.2 Å². The van der Waals surface area contributed by atoms with Crippen LogP contribution in [-0.4, -0.2) is 22.7 Å². The predicted octanol–water partition coefficient (Wildman–Crippen LogP) is 3.32. The van der Waals surface area contributed by atoms with Crippen molar-refractivity contribution < 1.29 is 13.9 Å². The van der Waals surface area contributed by atoms with Crippen molar-refractivity contribution >= 4 is 11.6 Å². The molecule has 0 aliphatic heterocycles. The van der Waals surface area contributed by atoms with Gasteiger partial charge in [-0.1, -0.05) is 18.2 Å². The number of amides is 1. The first-order chi connectivity index (χ1) is 11.7. The van der Waals surface area contributed by atoms with E-state index in [1.165, 1.54) is 6.39 Å². The smallest absolute Gasteiger partial charge is 0.247 e. The van der Waals surface area contributed by atoms with Crippen LogP contribution in [0.3, 0.4) is 0 Å². The van der Waals surface area contributed by atoms with E-state index in [1.807, 2.05) is 49.4 Å². The van der Waals surface area contributed by atoms with E-state index >= 15 is 0 Å². The molecule has 2 aromatic carbocycles. The van der Waals surface area contributed by atoms with Gasteiger partial charge in [0.1, 0.15) is 5.75 Å². The molecule has 0 radical (unpaired) electrons. The third kappa shape index (κ3) is 3.98. The zero-order valence-electron chi connectivity index (χ0n) is 13.2. The van der Waals surface area contributed by atoms with Crippen molar-refractivity contribution in [3.05, 3.63) is 60.5 Å². The molecule has 24 heavy (non-hydrogen) atoms. The number of carbonyl (C=O) groups excluding carboxylic acids is 1. The lowest BCUT2D eigenvalue weighted by Crippen LogP contribution is -2.14. The van der Waals surface area contributed by atoms with Crippen LogP contribution >= 0.6 is 0 Å². The molecule has 1 heterocycles. The largest absolute Gasteiger partial charge is 0.494 e. The molecule has 3 rings (SSSR count). The lowest BCUT2D eigenvalue weighted by atomic mass is 10.1. The van der Waals surface area contributed by atoms with E-state index < -0.39 is 0 Å². The minimum absolute atomic E-state index is 0.0955. The van der Waals surface area contributed by atoms with Crippen molar-refractivity contribution in [2.24, 2.45) is 0 Å². The van der Waals surface area contributed by atoms with Gasteiger partial charge in [0.25, 0.3) is 0 Å². The summed E-state index contributed by atoms with van der Waals surface area (Å²) in [6.07, 6.45) is 1.56. The van der Waals surface area contributed by atoms with E-state index in [0.29, 0.717) is 18.2 Å². The van der Waals surface area contributed by atoms with E-state index in [0.717, 1.165) is 16.9 Å². The van der Waals surface area contributed by atoms with Gasteiger partial charge in [-0.25, -0.2) is 0 Å². The molecule has 6 heteroatoms. The molecule has 0 fully saturated rings. The zero-order chi connectivity index (χ0) is 16.8. The summed E-state index contributed by atoms with van der Waals surface area (Å²) in [5.74, 6) is 1.12. The molecule has 1 N–H and O–H groups in total. The van der Waals surface area contributed by atoms with Gasteiger partial charge in [0, 0.05) is 11.3 Å². The molecule has 1 amide bonds. The Morgan fingerprint density at radius 1 is 1.21 bits per heavy atom. The molecule has 0 spiro atoms. The first kappa shape index (κ1) is 15.7. The zero-order valence-corrected chi connectivity index (χ0v) is 13.2. The lowest BCUT2D eigenvalue weighted by molar-refractivity contribution is -0.115. The number of nitrogens with zero attached hydrogens (tertiary/aromatic N) is 2. The van der Waals surface area contributed by atoms with Crippen LogP contribution in [0.15, 0.2) is 59.3 Å². The highest BCUT2D eigenvalue weighted by atomic mass is 16.5. The first-order valence-electron chi connectivity index (χ1n) is 7.63. The molecule has 0 saturated carbocycles. The normalized spacial score (nSPS) is 10.4. The maximum atomic E-state index is 12.2. The van der Waals surface area contributed by atoms with Crippen molar-refractivity contribution in [2.75, 3.05) is 11.9 Å². The number of carbonyl (C=O) groups is 1. The van der Waals surface area contributed by atoms with Crippen LogP contribution in [0.4, 0.5) is 5.69 Å². The number of hydrogen-bond acceptors (Lipinski definition) is 5. The van der Waals surface area contributed by atoms with Gasteiger partial charge < -0.3 is 14.5 Å². The van der Waals surface area contributed by atoms with Gasteiger partial charge >= 0.3 is 0 Å². The molecule has 0 aliphatic carbocycles. The number of benzene rings is 2. The standard InChI is InChI=1S/C18H17N3O3/c1-2-23-16-8-6-13(7-9-16)10-17(22)20-15-5-3-4-14(11-15)18-21-19-12-24-18/h3-9,11-12H,2,10H2,1H3,(H,20,22). The third-order valence-corrected chi connectivity index (χ3v) is 3.35. The minimum atomic E-state index is -0.0955. The maximum absolute atomic E-state index is 12.2. The van der Waals surface area contributed by atoms with Gasteiger partial charge in [0.15, 0.2) is 0 Å². The second kappa shape index (κ2) is 7.41. The van der Waals surface area contributed by atoms with Gasteiger partial charge in [-0.05, 0) is 42.8 Å². The van der Waals surface area contributed by atoms with Crippen molar-refractivity contribution in [3.63, 3.8) is 0 Å². The summed E-state index contributed by atoms with van der Waals surface area (Å²) >= 11 is 0. The molecule has 0 unspecified atom stereocenters. The van der Waals surface area contributed by atoms with E-state index in [9.17, 15) is 4.79 Å². The van der Waals surface area contributed by atoms with Gasteiger partial charge in [-0.2, -0.15) is 0 Å². The Kier molecular flexibility index (Phi) is 4.86. The topological polar surface area (TPSA) is 77.2 Å². The summed E-state index contributed by atoms with van der Waals surface area (Å²) in [4.78, 5) is 12.2. The predicted molar refractivity (Wildman–Crippen MR) is 89.7 cm³/mol. The Bertz CT molecular complexity index is 799. The molecule has 0 atom stereocenters. The highest BCUT2D eigenvalue weighted by Crippen LogP contribution is 2.20. The van der Waals surface area contributed by atoms with Crippen LogP contribution in [0.1, 0.15) is 12.5 Å². The molecule has 0 bridgehead atoms. The molecule has 3 aromatic rings. The quantitative estimate of drug-likeness (QED) is 0.753. The fraction of sp³-hybridized carbons (Fsp3) is 0.167. The molecule has 6 nitrogen and oxygen atoms in total. The van der Waals surface area contributed by atoms with E-state index in [4.69, 9.17) is 9.15 Å². The number of aromatic nitrogens is 2. The highest BCUT2D eigenvalue weighted by Gasteiger charge is 2.08. The fourth-order valence-corrected chi connectivity index (χ4v) is 2.29. The Morgan fingerprint density at radius 3 is 2.75 bits per heavy atom. The van der Waals surface area contributed by atoms with Gasteiger partial charge in [-0.15, -0.1) is 10.2 Å². The van der Waals surface area contributed by atoms with Crippen LogP contribution in [0, 0.1) is 0 Å². The molecular weight excluding hydrogens is 306 g/mol. The summed E-state index contributed by atoms with van der Waals surface area (Å²) in [5, 5.41) is 10.4. The number of ether oxygens (including phenoxy) is 1. The average Bonchev–Trinajstić information content (AvgIpc) is 3.12. The fourth-order valence-electron chi connectivity index (χ4n) is 2.29. The van der Waals surface area contributed by atoms with Gasteiger partial charge in [-0.3, -0.25) is 4.79 Å². The second-order valence-electron chi connectivity index (χ2n) is 5.13. The number of nitrogens with one attached hydrogen (secondary N) is 1. The highest BCUT2D eigenvalue weighted by molar-refractivity contribution is 5.92. The van der Waals surface area contributed by atoms with Crippen LogP contribution in [0.25, 0.3) is 11.5 Å². The van der Waals surface area contributed by atoms with Crippen LogP contribution in [0.5, 0.6) is 5.75 Å². The molecule has 1 aromatic heterocycles. The molecule has 0 aliphatic rings. The van der Waals surface area contributed by atoms with E-state index in [-0.39, 0.29) is 12.3 Å². The first-order valence-corrected chi connectivity index (χ1v) is 7.63. The van der Waals surface area contributed by atoms with Crippen molar-refractivity contribution in [2.45, 2.75) is 13.3 Å². The molecular formula is C18H17N3O3. The Labute approximate surface area is 139 Å². The monoisotopic (exact) mass is 323 g/mol. The van der Waals surface area contributed by atoms with Gasteiger partial charge in [0.05, 0.1) is 13.0 Å². The number of rotatable bonds is 6. The number of hydrogen-bond donors (Lipinski definition) is 1. The Hall–Kier alpha value is -3.15. The third-order valence-electron chi connectivity index (χ3n) is 3.35. The van der Waals surface area contributed by atoms with Crippen LogP contribution < -0.4 is 10.1 Å². The number of anilines is 1. The van der Waals surface area contributed by atoms with Crippen LogP contribution in [-0.2, 0) is 11.2 Å². The summed E-state index contributed by atoms with van der Waals surface area (Å²) in [6, 6.07) is 14.8. The Morgan fingerprint density at radius 2 is 2.04 bits per heavy atom. The van der Waals surface area contributed by atoms with E-state index in [1.54, 1.807) is 6.07 Å². The van der Waals surface area contributed by atoms with Crippen molar-refractivity contribution in [1.29, 1.82) is 0 Å². The summed E-state index contributed by atoms with van der Waals surface area (Å²) in [6.45, 7) is 2.56. The second-order valence-corrected chi connectivity index (χ2v) is 5.13. The minimum Gasteiger partial charge on any atom is -0.494 e. The van der Waals surface area contributed by atoms with Crippen molar-refractivity contribution in [3.8, 4) is 17.2 Å². The maximum Gasteiger partial charge on any atom is 0.247 e. The van der Waals surface area contributed by atoms with E-state index in [2.05, 4.69) is 15.5 Å². The summed E-state index contributed by atoms with van der Waals surface area (Å²) in [5.41, 5.74) is 2.36. The Balaban J connectivity index is 1.63. The lowest BCUT2D eigenvalue weighted by Gasteiger charge is -2.07. The van der Waals surface area contributed by atoms with Crippen molar-refractivity contribution in [1.82, 2.24) is 10.2 Å².